The third-order valence-electron chi connectivity index (χ3n) is 9.69. The first-order valence-electron chi connectivity index (χ1n) is 14.8. The Bertz CT molecular complexity index is 1790. The second kappa shape index (κ2) is 11.7. The number of nitrogens with zero attached hydrogens (tertiary/aromatic N) is 4. The summed E-state index contributed by atoms with van der Waals surface area (Å²) in [6, 6.07) is 1.98. The molecule has 0 aromatic carbocycles. The van der Waals surface area contributed by atoms with E-state index in [-0.39, 0.29) is 64.6 Å². The SMILES string of the molecule is COC1=C(C)C(=O)C2=C(C1=O)[C@H]1[C@@H]3CC4=C(C(=O)C(OC)=C(C)C4=O)[C@H](COC(=O)/C=C/c4cccnc4)N3[C@@H](C#N)[C@H](C2)N1C. The highest BCUT2D eigenvalue weighted by atomic mass is 16.5. The fourth-order valence-electron chi connectivity index (χ4n) is 7.62. The molecule has 236 valence electrons. The van der Waals surface area contributed by atoms with Crippen molar-refractivity contribution >= 4 is 35.2 Å². The quantitative estimate of drug-likeness (QED) is 0.257. The predicted molar refractivity (Wildman–Crippen MR) is 161 cm³/mol. The van der Waals surface area contributed by atoms with Gasteiger partial charge in [0.25, 0.3) is 0 Å². The van der Waals surface area contributed by atoms with Gasteiger partial charge in [-0.2, -0.15) is 5.26 Å². The third-order valence-corrected chi connectivity index (χ3v) is 9.69. The van der Waals surface area contributed by atoms with E-state index in [4.69, 9.17) is 14.2 Å². The molecule has 0 unspecified atom stereocenters. The zero-order valence-electron chi connectivity index (χ0n) is 26.0. The number of ketones is 4. The van der Waals surface area contributed by atoms with Gasteiger partial charge in [-0.15, -0.1) is 0 Å². The van der Waals surface area contributed by atoms with Crippen molar-refractivity contribution in [2.24, 2.45) is 0 Å². The number of hydrogen-bond donors (Lipinski definition) is 0. The van der Waals surface area contributed by atoms with E-state index >= 15 is 0 Å². The molecule has 46 heavy (non-hydrogen) atoms. The number of likely N-dealkylation sites (N-methyl/N-ethyl adjacent to an activating group) is 1. The molecule has 0 spiro atoms. The second-order valence-electron chi connectivity index (χ2n) is 11.9. The van der Waals surface area contributed by atoms with Crippen LogP contribution in [-0.4, -0.2) is 102 Å². The highest BCUT2D eigenvalue weighted by molar-refractivity contribution is 6.26. The lowest BCUT2D eigenvalue weighted by Gasteiger charge is -2.60. The van der Waals surface area contributed by atoms with Gasteiger partial charge >= 0.3 is 5.97 Å². The van der Waals surface area contributed by atoms with Gasteiger partial charge in [-0.1, -0.05) is 6.07 Å². The molecule has 6 rings (SSSR count). The minimum atomic E-state index is -1.02. The highest BCUT2D eigenvalue weighted by Gasteiger charge is 2.60. The number of pyridine rings is 1. The summed E-state index contributed by atoms with van der Waals surface area (Å²) in [5, 5.41) is 10.6. The number of esters is 1. The third kappa shape index (κ3) is 4.57. The summed E-state index contributed by atoms with van der Waals surface area (Å²) in [5.74, 6) is -2.51. The molecule has 5 atom stereocenters. The van der Waals surface area contributed by atoms with E-state index in [1.165, 1.54) is 33.3 Å². The number of methoxy groups -OCH3 is 2. The summed E-state index contributed by atoms with van der Waals surface area (Å²) in [6.07, 6.45) is 6.08. The molecular formula is C34H32N4O8. The molecule has 4 heterocycles. The monoisotopic (exact) mass is 624 g/mol. The number of ether oxygens (including phenoxy) is 3. The normalized spacial score (nSPS) is 28.3. The van der Waals surface area contributed by atoms with Crippen molar-refractivity contribution in [1.82, 2.24) is 14.8 Å². The van der Waals surface area contributed by atoms with Crippen molar-refractivity contribution in [3.05, 3.63) is 81.1 Å². The molecule has 12 nitrogen and oxygen atoms in total. The lowest BCUT2D eigenvalue weighted by molar-refractivity contribution is -0.142. The van der Waals surface area contributed by atoms with Gasteiger partial charge in [0.2, 0.25) is 11.6 Å². The summed E-state index contributed by atoms with van der Waals surface area (Å²) in [7, 11) is 4.43. The Kier molecular flexibility index (Phi) is 7.92. The number of hydrogen-bond acceptors (Lipinski definition) is 12. The maximum Gasteiger partial charge on any atom is 0.330 e. The van der Waals surface area contributed by atoms with Crippen molar-refractivity contribution in [2.45, 2.75) is 56.9 Å². The van der Waals surface area contributed by atoms with E-state index in [0.717, 1.165) is 0 Å². The zero-order chi connectivity index (χ0) is 33.0. The van der Waals surface area contributed by atoms with Gasteiger partial charge in [0.1, 0.15) is 12.6 Å². The Morgan fingerprint density at radius 1 is 0.978 bits per heavy atom. The number of fused-ring (bicyclic) bond motifs is 5. The van der Waals surface area contributed by atoms with Crippen LogP contribution in [0.3, 0.4) is 0 Å². The number of piperazine rings is 1. The first-order chi connectivity index (χ1) is 22.0. The minimum Gasteiger partial charge on any atom is -0.492 e. The molecule has 3 aliphatic heterocycles. The summed E-state index contributed by atoms with van der Waals surface area (Å²) in [6.45, 7) is 2.70. The van der Waals surface area contributed by atoms with Crippen LogP contribution in [0.25, 0.3) is 6.08 Å². The summed E-state index contributed by atoms with van der Waals surface area (Å²) < 4.78 is 16.4. The largest absolute Gasteiger partial charge is 0.492 e. The predicted octanol–water partition coefficient (Wildman–Crippen LogP) is 1.80. The van der Waals surface area contributed by atoms with Gasteiger partial charge < -0.3 is 14.2 Å². The molecular weight excluding hydrogens is 592 g/mol. The first kappa shape index (κ1) is 31.0. The van der Waals surface area contributed by atoms with Crippen molar-refractivity contribution in [2.75, 3.05) is 27.9 Å². The van der Waals surface area contributed by atoms with Gasteiger partial charge in [-0.25, -0.2) is 4.79 Å². The summed E-state index contributed by atoms with van der Waals surface area (Å²) in [5.41, 5.74) is 1.93. The van der Waals surface area contributed by atoms with Gasteiger partial charge in [-0.3, -0.25) is 34.0 Å². The maximum absolute atomic E-state index is 13.9. The van der Waals surface area contributed by atoms with Crippen molar-refractivity contribution in [3.63, 3.8) is 0 Å². The number of carbonyl (C=O) groups is 5. The van der Waals surface area contributed by atoms with E-state index in [2.05, 4.69) is 11.1 Å². The van der Waals surface area contributed by atoms with Gasteiger partial charge in [-0.05, 0) is 51.4 Å². The Balaban J connectivity index is 1.46. The summed E-state index contributed by atoms with van der Waals surface area (Å²) in [4.78, 5) is 75.8. The van der Waals surface area contributed by atoms with Crippen LogP contribution in [0.15, 0.2) is 75.6 Å². The van der Waals surface area contributed by atoms with E-state index in [9.17, 15) is 29.2 Å². The number of allylic oxidation sites excluding steroid dienone is 4. The molecule has 0 saturated carbocycles. The van der Waals surface area contributed by atoms with Crippen LogP contribution in [0, 0.1) is 11.3 Å². The molecule has 12 heteroatoms. The number of rotatable bonds is 6. The van der Waals surface area contributed by atoms with Crippen LogP contribution in [0.5, 0.6) is 0 Å². The van der Waals surface area contributed by atoms with E-state index < -0.39 is 53.5 Å². The van der Waals surface area contributed by atoms with Crippen LogP contribution in [0.2, 0.25) is 0 Å². The fourth-order valence-corrected chi connectivity index (χ4v) is 7.62. The molecule has 2 bridgehead atoms. The Hall–Kier alpha value is -4.99. The van der Waals surface area contributed by atoms with E-state index in [0.29, 0.717) is 11.1 Å². The molecule has 2 aliphatic carbocycles. The Morgan fingerprint density at radius 3 is 2.17 bits per heavy atom. The molecule has 0 amide bonds. The molecule has 1 fully saturated rings. The molecule has 1 aromatic heterocycles. The van der Waals surface area contributed by atoms with Crippen molar-refractivity contribution in [3.8, 4) is 6.07 Å². The summed E-state index contributed by atoms with van der Waals surface area (Å²) >= 11 is 0. The highest BCUT2D eigenvalue weighted by Crippen LogP contribution is 2.49. The number of Topliss-reactive ketones (excluding diaryl/α,β-unsaturated/α-hetero) is 4. The standard InChI is InChI=1S/C34H32N4O8/c1-16-29(40)19-12-22-28-27-20(30(41)17(2)34(45-5)32(27)43)11-21(37(28)3)23(13-35)38(22)24(26(19)31(42)33(16)44-4)15-46-25(39)9-8-18-7-6-10-36-14-18/h6-10,14,21-24,28H,11-12,15H2,1-5H3/b9-8+/t21-,22-,23-,24-,28+/m0/s1. The Labute approximate surface area is 265 Å². The molecule has 1 aromatic rings. The maximum atomic E-state index is 13.9. The fraction of sp³-hybridized carbons (Fsp3) is 0.382. The lowest BCUT2D eigenvalue weighted by atomic mass is 9.67. The van der Waals surface area contributed by atoms with E-state index in [1.807, 2.05) is 4.90 Å². The topological polar surface area (TPSA) is 156 Å². The Morgan fingerprint density at radius 2 is 1.59 bits per heavy atom. The number of aromatic nitrogens is 1. The lowest BCUT2D eigenvalue weighted by Crippen LogP contribution is -2.74. The first-order valence-corrected chi connectivity index (χ1v) is 14.8. The average Bonchev–Trinajstić information content (AvgIpc) is 3.05. The van der Waals surface area contributed by atoms with Gasteiger partial charge in [0, 0.05) is 64.0 Å². The van der Waals surface area contributed by atoms with Crippen molar-refractivity contribution in [1.29, 1.82) is 5.26 Å². The zero-order valence-corrected chi connectivity index (χ0v) is 26.0. The molecule has 0 N–H and O–H groups in total. The van der Waals surface area contributed by atoms with Crippen LogP contribution < -0.4 is 0 Å². The van der Waals surface area contributed by atoms with Crippen LogP contribution in [0.4, 0.5) is 0 Å². The van der Waals surface area contributed by atoms with Crippen LogP contribution in [0.1, 0.15) is 32.3 Å². The average molecular weight is 625 g/mol. The minimum absolute atomic E-state index is 0.0166. The molecule has 0 radical (unpaired) electrons. The number of nitriles is 1. The molecule has 5 aliphatic rings. The van der Waals surface area contributed by atoms with Gasteiger partial charge in [0.15, 0.2) is 23.1 Å². The van der Waals surface area contributed by atoms with Crippen LogP contribution in [-0.2, 0) is 38.2 Å². The van der Waals surface area contributed by atoms with Crippen molar-refractivity contribution < 1.29 is 38.2 Å². The molecule has 1 saturated heterocycles. The van der Waals surface area contributed by atoms with Gasteiger partial charge in [0.05, 0.1) is 32.4 Å². The second-order valence-corrected chi connectivity index (χ2v) is 11.9. The number of carbonyl (C=O) groups excluding carboxylic acids is 5. The smallest absolute Gasteiger partial charge is 0.330 e. The van der Waals surface area contributed by atoms with Crippen LogP contribution >= 0.6 is 0 Å². The van der Waals surface area contributed by atoms with E-state index in [1.54, 1.807) is 43.4 Å².